The van der Waals surface area contributed by atoms with Crippen molar-refractivity contribution in [1.29, 1.82) is 0 Å². The number of likely N-dealkylation sites (tertiary alicyclic amines) is 1. The van der Waals surface area contributed by atoms with Gasteiger partial charge in [-0.1, -0.05) is 24.3 Å². The van der Waals surface area contributed by atoms with Crippen molar-refractivity contribution in [3.63, 3.8) is 0 Å². The number of esters is 1. The summed E-state index contributed by atoms with van der Waals surface area (Å²) in [5, 5.41) is 14.4. The van der Waals surface area contributed by atoms with Crippen LogP contribution in [0.15, 0.2) is 35.9 Å². The first-order valence-corrected chi connectivity index (χ1v) is 9.29. The molecule has 2 heterocycles. The number of piperidine rings is 1. The van der Waals surface area contributed by atoms with Crippen LogP contribution in [-0.2, 0) is 16.0 Å². The minimum Gasteiger partial charge on any atom is -0.633 e. The monoisotopic (exact) mass is 368 g/mol. The number of H-pyrrole nitrogens is 1. The van der Waals surface area contributed by atoms with Gasteiger partial charge in [0.2, 0.25) is 0 Å². The summed E-state index contributed by atoms with van der Waals surface area (Å²) in [4.78, 5) is 29.1. The summed E-state index contributed by atoms with van der Waals surface area (Å²) in [5.41, 5.74) is 3.17. The van der Waals surface area contributed by atoms with Crippen molar-refractivity contribution in [2.75, 3.05) is 20.7 Å². The standard InChI is InChI=1S/C21H24N2O4/c1-4-12-11-23(2,26)17-9-15-13-7-5-6-8-16(13)22-20(15)18(24)10-14(12)19(17)21(25)27-3/h4-8,14,17,19,22H,9-11H2,1-3H3/b12-4-. The summed E-state index contributed by atoms with van der Waals surface area (Å²) >= 11 is 0. The first-order chi connectivity index (χ1) is 12.9. The summed E-state index contributed by atoms with van der Waals surface area (Å²) in [5.74, 6) is -1.33. The number of aromatic nitrogens is 1. The van der Waals surface area contributed by atoms with Crippen LogP contribution in [0.25, 0.3) is 10.9 Å². The van der Waals surface area contributed by atoms with Crippen molar-refractivity contribution in [3.8, 4) is 0 Å². The number of carbonyl (C=O) groups excluding carboxylic acids is 2. The minimum absolute atomic E-state index is 0.0140. The number of aromatic amines is 1. The molecule has 1 N–H and O–H groups in total. The molecule has 4 rings (SSSR count). The highest BCUT2D eigenvalue weighted by Gasteiger charge is 2.51. The number of para-hydroxylation sites is 1. The summed E-state index contributed by atoms with van der Waals surface area (Å²) in [6, 6.07) is 7.24. The van der Waals surface area contributed by atoms with Gasteiger partial charge in [-0.3, -0.25) is 9.59 Å². The maximum Gasteiger partial charge on any atom is 0.315 e. The molecule has 1 aliphatic heterocycles. The van der Waals surface area contributed by atoms with Crippen LogP contribution in [0.3, 0.4) is 0 Å². The highest BCUT2D eigenvalue weighted by molar-refractivity contribution is 6.03. The van der Waals surface area contributed by atoms with Crippen LogP contribution in [0.1, 0.15) is 29.4 Å². The van der Waals surface area contributed by atoms with Gasteiger partial charge < -0.3 is 19.6 Å². The number of carbonyl (C=O) groups is 2. The quantitative estimate of drug-likeness (QED) is 0.363. The Labute approximate surface area is 158 Å². The number of quaternary nitrogens is 1. The van der Waals surface area contributed by atoms with Gasteiger partial charge >= 0.3 is 5.97 Å². The number of ketones is 1. The summed E-state index contributed by atoms with van der Waals surface area (Å²) < 4.78 is 4.53. The molecule has 142 valence electrons. The van der Waals surface area contributed by atoms with Gasteiger partial charge in [0, 0.05) is 29.7 Å². The summed E-state index contributed by atoms with van der Waals surface area (Å²) in [6.07, 6.45) is 2.46. The number of nitrogens with zero attached hydrogens (tertiary/aromatic N) is 1. The molecule has 27 heavy (non-hydrogen) atoms. The number of Topliss-reactive ketones (excluding diaryl/α,β-unsaturated/α-hetero) is 1. The average molecular weight is 368 g/mol. The molecule has 4 atom stereocenters. The molecular weight excluding hydrogens is 344 g/mol. The SMILES string of the molecule is C/C=C1/C[N+](C)([O-])C2Cc3c([nH]c4ccccc34)C(=O)CC1C2C(=O)OC. The van der Waals surface area contributed by atoms with Crippen LogP contribution in [-0.4, -0.2) is 48.1 Å². The molecular formula is C21H24N2O4. The maximum absolute atomic E-state index is 13.5. The lowest BCUT2D eigenvalue weighted by atomic mass is 9.70. The highest BCUT2D eigenvalue weighted by Crippen LogP contribution is 2.44. The molecule has 1 aliphatic carbocycles. The lowest BCUT2D eigenvalue weighted by molar-refractivity contribution is -0.890. The molecule has 0 amide bonds. The Morgan fingerprint density at radius 3 is 2.78 bits per heavy atom. The molecule has 2 bridgehead atoms. The minimum atomic E-state index is -0.622. The van der Waals surface area contributed by atoms with Crippen molar-refractivity contribution in [1.82, 2.24) is 4.98 Å². The number of benzene rings is 1. The topological polar surface area (TPSA) is 82.2 Å². The first kappa shape index (κ1) is 17.9. The van der Waals surface area contributed by atoms with Crippen molar-refractivity contribution >= 4 is 22.7 Å². The van der Waals surface area contributed by atoms with E-state index in [-0.39, 0.29) is 18.1 Å². The smallest absolute Gasteiger partial charge is 0.315 e. The maximum atomic E-state index is 13.5. The number of hydrogen-bond donors (Lipinski definition) is 1. The van der Waals surface area contributed by atoms with E-state index in [2.05, 4.69) is 4.98 Å². The average Bonchev–Trinajstić information content (AvgIpc) is 3.01. The Morgan fingerprint density at radius 2 is 2.07 bits per heavy atom. The van der Waals surface area contributed by atoms with Crippen molar-refractivity contribution < 1.29 is 19.0 Å². The number of likely N-dealkylation sites (N-methyl/N-ethyl adjacent to an activating group) is 1. The zero-order valence-corrected chi connectivity index (χ0v) is 15.8. The Hall–Kier alpha value is -2.44. The second kappa shape index (κ2) is 6.32. The fourth-order valence-corrected chi connectivity index (χ4v) is 4.94. The van der Waals surface area contributed by atoms with Crippen LogP contribution < -0.4 is 0 Å². The van der Waals surface area contributed by atoms with E-state index in [1.807, 2.05) is 37.3 Å². The van der Waals surface area contributed by atoms with Crippen LogP contribution in [0.2, 0.25) is 0 Å². The number of methoxy groups -OCH3 is 1. The molecule has 6 heteroatoms. The fraction of sp³-hybridized carbons (Fsp3) is 0.429. The van der Waals surface area contributed by atoms with Gasteiger partial charge in [-0.25, -0.2) is 0 Å². The van der Waals surface area contributed by atoms with Gasteiger partial charge in [0.15, 0.2) is 5.78 Å². The van der Waals surface area contributed by atoms with Crippen LogP contribution in [0.5, 0.6) is 0 Å². The van der Waals surface area contributed by atoms with E-state index >= 15 is 0 Å². The van der Waals surface area contributed by atoms with Crippen molar-refractivity contribution in [2.45, 2.75) is 25.8 Å². The molecule has 2 aliphatic rings. The Bertz CT molecular complexity index is 956. The van der Waals surface area contributed by atoms with Gasteiger partial charge in [0.1, 0.15) is 18.5 Å². The highest BCUT2D eigenvalue weighted by atomic mass is 16.5. The van der Waals surface area contributed by atoms with Crippen LogP contribution in [0, 0.1) is 17.0 Å². The number of rotatable bonds is 1. The fourth-order valence-electron chi connectivity index (χ4n) is 4.94. The number of nitrogens with one attached hydrogen (secondary N) is 1. The molecule has 6 nitrogen and oxygen atoms in total. The van der Waals surface area contributed by atoms with Gasteiger partial charge in [0.25, 0.3) is 0 Å². The second-order valence-corrected chi connectivity index (χ2v) is 7.77. The van der Waals surface area contributed by atoms with E-state index in [9.17, 15) is 14.8 Å². The third-order valence-electron chi connectivity index (χ3n) is 6.28. The van der Waals surface area contributed by atoms with Gasteiger partial charge in [0.05, 0.1) is 19.9 Å². The summed E-state index contributed by atoms with van der Waals surface area (Å²) in [7, 11) is 2.97. The molecule has 2 aromatic rings. The zero-order chi connectivity index (χ0) is 19.3. The summed E-state index contributed by atoms with van der Waals surface area (Å²) in [6.45, 7) is 2.16. The number of hydroxylamine groups is 3. The van der Waals surface area contributed by atoms with E-state index in [0.29, 0.717) is 18.7 Å². The molecule has 4 unspecified atom stereocenters. The zero-order valence-electron chi connectivity index (χ0n) is 15.8. The molecule has 1 saturated heterocycles. The molecule has 0 spiro atoms. The lowest BCUT2D eigenvalue weighted by Gasteiger charge is -2.54. The molecule has 1 aromatic heterocycles. The third-order valence-corrected chi connectivity index (χ3v) is 6.28. The van der Waals surface area contributed by atoms with E-state index in [1.54, 1.807) is 7.05 Å². The number of hydrogen-bond acceptors (Lipinski definition) is 4. The lowest BCUT2D eigenvalue weighted by Crippen LogP contribution is -2.62. The van der Waals surface area contributed by atoms with Gasteiger partial charge in [-0.2, -0.15) is 0 Å². The van der Waals surface area contributed by atoms with E-state index < -0.39 is 22.6 Å². The first-order valence-electron chi connectivity index (χ1n) is 9.29. The molecule has 1 fully saturated rings. The van der Waals surface area contributed by atoms with E-state index in [4.69, 9.17) is 4.74 Å². The van der Waals surface area contributed by atoms with Crippen molar-refractivity contribution in [2.24, 2.45) is 11.8 Å². The Balaban J connectivity index is 1.94. The van der Waals surface area contributed by atoms with Crippen LogP contribution >= 0.6 is 0 Å². The van der Waals surface area contributed by atoms with E-state index in [1.165, 1.54) is 7.11 Å². The number of allylic oxidation sites excluding steroid dienone is 1. The number of fused-ring (bicyclic) bond motifs is 5. The third kappa shape index (κ3) is 2.71. The van der Waals surface area contributed by atoms with Gasteiger partial charge in [-0.15, -0.1) is 0 Å². The second-order valence-electron chi connectivity index (χ2n) is 7.77. The van der Waals surface area contributed by atoms with Gasteiger partial charge in [-0.05, 0) is 24.1 Å². The predicted octanol–water partition coefficient (Wildman–Crippen LogP) is 2.98. The normalized spacial score (nSPS) is 32.1. The predicted molar refractivity (Wildman–Crippen MR) is 102 cm³/mol. The largest absolute Gasteiger partial charge is 0.633 e. The van der Waals surface area contributed by atoms with Crippen LogP contribution in [0.4, 0.5) is 0 Å². The van der Waals surface area contributed by atoms with E-state index in [0.717, 1.165) is 22.0 Å². The van der Waals surface area contributed by atoms with Crippen molar-refractivity contribution in [3.05, 3.63) is 52.4 Å². The number of ether oxygens (including phenoxy) is 1. The molecule has 0 radical (unpaired) electrons. The molecule has 1 aromatic carbocycles. The molecule has 0 saturated carbocycles. The Morgan fingerprint density at radius 1 is 1.33 bits per heavy atom. The Kier molecular flexibility index (Phi) is 4.20.